The van der Waals surface area contributed by atoms with Crippen molar-refractivity contribution in [2.75, 3.05) is 32.9 Å². The summed E-state index contributed by atoms with van der Waals surface area (Å²) in [6.07, 6.45) is 3.28. The molecule has 2 aliphatic heterocycles. The van der Waals surface area contributed by atoms with Crippen LogP contribution in [0.2, 0.25) is 0 Å². The van der Waals surface area contributed by atoms with Gasteiger partial charge in [0.05, 0.1) is 24.9 Å². The highest BCUT2D eigenvalue weighted by Gasteiger charge is 2.29. The highest BCUT2D eigenvalue weighted by atomic mass is 16.6. The minimum Gasteiger partial charge on any atom is -0.491 e. The second-order valence-corrected chi connectivity index (χ2v) is 9.79. The lowest BCUT2D eigenvalue weighted by atomic mass is 10.1. The molecule has 5 rings (SSSR count). The van der Waals surface area contributed by atoms with Crippen LogP contribution in [0.4, 0.5) is 0 Å². The zero-order valence-electron chi connectivity index (χ0n) is 22.8. The van der Waals surface area contributed by atoms with Crippen LogP contribution in [0.25, 0.3) is 0 Å². The van der Waals surface area contributed by atoms with Gasteiger partial charge >= 0.3 is 0 Å². The van der Waals surface area contributed by atoms with E-state index in [1.807, 2.05) is 18.2 Å². The van der Waals surface area contributed by atoms with Crippen LogP contribution in [0.1, 0.15) is 28.0 Å². The molecule has 0 bridgehead atoms. The Morgan fingerprint density at radius 1 is 0.952 bits per heavy atom. The molecule has 2 aliphatic rings. The Morgan fingerprint density at radius 2 is 1.76 bits per heavy atom. The van der Waals surface area contributed by atoms with Crippen molar-refractivity contribution < 1.29 is 33.4 Å². The SMILES string of the molecule is O=C1C[C@@H](C(=O)NCCc2ccc3c(c2)OCCO3)NC(=O)c2ccccc2OCCNC(=O)[C@H](Cc2cnc[nH]2)N1. The normalized spacial score (nSPS) is 19.2. The van der Waals surface area contributed by atoms with Gasteiger partial charge in [-0.25, -0.2) is 4.98 Å². The number of hydrogen-bond donors (Lipinski definition) is 5. The number of fused-ring (bicyclic) bond motifs is 2. The van der Waals surface area contributed by atoms with Crippen LogP contribution in [0.3, 0.4) is 0 Å². The number of aromatic nitrogens is 2. The molecule has 220 valence electrons. The number of imidazole rings is 1. The topological polar surface area (TPSA) is 173 Å². The van der Waals surface area contributed by atoms with E-state index in [1.165, 1.54) is 6.33 Å². The average molecular weight is 577 g/mol. The number of carbonyl (C=O) groups is 4. The fourth-order valence-corrected chi connectivity index (χ4v) is 4.64. The van der Waals surface area contributed by atoms with Crippen LogP contribution in [0.5, 0.6) is 17.2 Å². The molecule has 0 aliphatic carbocycles. The number of rotatable bonds is 6. The van der Waals surface area contributed by atoms with Gasteiger partial charge in [0.1, 0.15) is 37.7 Å². The van der Waals surface area contributed by atoms with E-state index in [2.05, 4.69) is 31.2 Å². The Labute approximate surface area is 241 Å². The molecule has 0 saturated carbocycles. The number of carbonyl (C=O) groups excluding carboxylic acids is 4. The monoisotopic (exact) mass is 576 g/mol. The summed E-state index contributed by atoms with van der Waals surface area (Å²) in [6, 6.07) is 9.98. The van der Waals surface area contributed by atoms with E-state index in [9.17, 15) is 19.2 Å². The fraction of sp³-hybridized carbons (Fsp3) is 0.345. The third-order valence-electron chi connectivity index (χ3n) is 6.75. The van der Waals surface area contributed by atoms with Crippen molar-refractivity contribution in [1.29, 1.82) is 0 Å². The predicted molar refractivity (Wildman–Crippen MR) is 149 cm³/mol. The Kier molecular flexibility index (Phi) is 9.17. The number of hydrogen-bond acceptors (Lipinski definition) is 8. The van der Waals surface area contributed by atoms with Gasteiger partial charge in [0.15, 0.2) is 11.5 Å². The van der Waals surface area contributed by atoms with E-state index in [1.54, 1.807) is 30.5 Å². The Hall–Kier alpha value is -5.07. The lowest BCUT2D eigenvalue weighted by Gasteiger charge is -2.23. The number of H-pyrrole nitrogens is 1. The van der Waals surface area contributed by atoms with Gasteiger partial charge in [0.2, 0.25) is 17.7 Å². The molecule has 0 unspecified atom stereocenters. The maximum Gasteiger partial charge on any atom is 0.255 e. The van der Waals surface area contributed by atoms with E-state index in [4.69, 9.17) is 14.2 Å². The molecule has 13 nitrogen and oxygen atoms in total. The van der Waals surface area contributed by atoms with E-state index < -0.39 is 42.1 Å². The molecule has 2 aromatic carbocycles. The quantitative estimate of drug-likeness (QED) is 0.278. The molecule has 5 N–H and O–H groups in total. The van der Waals surface area contributed by atoms with Crippen molar-refractivity contribution in [2.45, 2.75) is 31.3 Å². The summed E-state index contributed by atoms with van der Waals surface area (Å²) >= 11 is 0. The highest BCUT2D eigenvalue weighted by Crippen LogP contribution is 2.30. The molecule has 13 heteroatoms. The number of amides is 4. The summed E-state index contributed by atoms with van der Waals surface area (Å²) in [5.74, 6) is -0.505. The van der Waals surface area contributed by atoms with Crippen LogP contribution in [-0.4, -0.2) is 78.6 Å². The highest BCUT2D eigenvalue weighted by molar-refractivity contribution is 6.01. The van der Waals surface area contributed by atoms with Crippen molar-refractivity contribution in [3.63, 3.8) is 0 Å². The summed E-state index contributed by atoms with van der Waals surface area (Å²) in [5.41, 5.74) is 1.77. The minimum atomic E-state index is -1.22. The first-order valence-electron chi connectivity index (χ1n) is 13.7. The van der Waals surface area contributed by atoms with Crippen LogP contribution >= 0.6 is 0 Å². The number of aromatic amines is 1. The first-order valence-corrected chi connectivity index (χ1v) is 13.7. The smallest absolute Gasteiger partial charge is 0.255 e. The van der Waals surface area contributed by atoms with Crippen LogP contribution < -0.4 is 35.5 Å². The number of nitrogens with one attached hydrogen (secondary N) is 5. The lowest BCUT2D eigenvalue weighted by molar-refractivity contribution is -0.131. The molecule has 0 fully saturated rings. The van der Waals surface area contributed by atoms with Gasteiger partial charge in [0, 0.05) is 24.9 Å². The van der Waals surface area contributed by atoms with Gasteiger partial charge in [-0.15, -0.1) is 0 Å². The Morgan fingerprint density at radius 3 is 2.60 bits per heavy atom. The molecule has 3 aromatic rings. The van der Waals surface area contributed by atoms with Gasteiger partial charge in [-0.05, 0) is 36.2 Å². The standard InChI is InChI=1S/C29H32N6O7/c36-26-15-22(29(39)31-8-7-18-5-6-24-25(13-18)42-12-11-41-24)35-27(37)20-3-1-2-4-23(20)40-10-9-32-28(38)21(34-26)14-19-16-30-17-33-19/h1-6,13,16-17,21-22H,7-12,14-15H2,(H,30,33)(H,31,39)(H,32,38)(H,34,36)(H,35,37)/t21-,22-/m0/s1. The Balaban J connectivity index is 1.30. The maximum atomic E-state index is 13.3. The minimum absolute atomic E-state index is 0.0878. The molecule has 1 aromatic heterocycles. The molecular formula is C29H32N6O7. The van der Waals surface area contributed by atoms with Crippen LogP contribution in [0.15, 0.2) is 55.0 Å². The first-order chi connectivity index (χ1) is 20.5. The number of benzene rings is 2. The third-order valence-corrected chi connectivity index (χ3v) is 6.75. The summed E-state index contributed by atoms with van der Waals surface area (Å²) < 4.78 is 16.9. The average Bonchev–Trinajstić information content (AvgIpc) is 3.51. The van der Waals surface area contributed by atoms with E-state index in [0.717, 1.165) is 5.56 Å². The Bertz CT molecular complexity index is 1430. The van der Waals surface area contributed by atoms with Crippen molar-refractivity contribution in [2.24, 2.45) is 0 Å². The van der Waals surface area contributed by atoms with Crippen molar-refractivity contribution in [3.05, 3.63) is 71.8 Å². The van der Waals surface area contributed by atoms with Crippen molar-refractivity contribution >= 4 is 23.6 Å². The second-order valence-electron chi connectivity index (χ2n) is 9.79. The molecule has 0 radical (unpaired) electrons. The maximum absolute atomic E-state index is 13.3. The molecular weight excluding hydrogens is 544 g/mol. The molecule has 4 amide bonds. The van der Waals surface area contributed by atoms with Crippen LogP contribution in [0, 0.1) is 0 Å². The number of ether oxygens (including phenoxy) is 3. The molecule has 3 heterocycles. The first kappa shape index (κ1) is 28.5. The summed E-state index contributed by atoms with van der Waals surface area (Å²) in [4.78, 5) is 59.5. The molecule has 2 atom stereocenters. The third kappa shape index (κ3) is 7.36. The second kappa shape index (κ2) is 13.5. The van der Waals surface area contributed by atoms with Gasteiger partial charge in [-0.1, -0.05) is 18.2 Å². The fourth-order valence-electron chi connectivity index (χ4n) is 4.64. The van der Waals surface area contributed by atoms with Crippen molar-refractivity contribution in [3.8, 4) is 17.2 Å². The van der Waals surface area contributed by atoms with Gasteiger partial charge < -0.3 is 40.5 Å². The summed E-state index contributed by atoms with van der Waals surface area (Å²) in [5, 5.41) is 10.9. The summed E-state index contributed by atoms with van der Waals surface area (Å²) in [7, 11) is 0. The summed E-state index contributed by atoms with van der Waals surface area (Å²) in [6.45, 7) is 1.45. The lowest BCUT2D eigenvalue weighted by Crippen LogP contribution is -2.53. The van der Waals surface area contributed by atoms with E-state index in [0.29, 0.717) is 36.8 Å². The van der Waals surface area contributed by atoms with Crippen LogP contribution in [-0.2, 0) is 27.2 Å². The van der Waals surface area contributed by atoms with Crippen molar-refractivity contribution in [1.82, 2.24) is 31.2 Å². The number of para-hydroxylation sites is 1. The number of nitrogens with zero attached hydrogens (tertiary/aromatic N) is 1. The van der Waals surface area contributed by atoms with Gasteiger partial charge in [-0.2, -0.15) is 0 Å². The molecule has 0 saturated heterocycles. The predicted octanol–water partition coefficient (Wildman–Crippen LogP) is 0.264. The zero-order chi connectivity index (χ0) is 29.3. The molecule has 0 spiro atoms. The largest absolute Gasteiger partial charge is 0.491 e. The van der Waals surface area contributed by atoms with Gasteiger partial charge in [-0.3, -0.25) is 19.2 Å². The van der Waals surface area contributed by atoms with E-state index in [-0.39, 0.29) is 37.4 Å². The van der Waals surface area contributed by atoms with Gasteiger partial charge in [0.25, 0.3) is 5.91 Å². The molecule has 42 heavy (non-hydrogen) atoms. The zero-order valence-corrected chi connectivity index (χ0v) is 22.8. The van der Waals surface area contributed by atoms with E-state index >= 15 is 0 Å².